The van der Waals surface area contributed by atoms with E-state index in [1.54, 1.807) is 0 Å². The molecular formula is C15H26N2O2. The second kappa shape index (κ2) is 5.80. The molecule has 1 saturated carbocycles. The van der Waals surface area contributed by atoms with Gasteiger partial charge in [-0.3, -0.25) is 4.79 Å². The third-order valence-corrected chi connectivity index (χ3v) is 5.09. The van der Waals surface area contributed by atoms with E-state index < -0.39 is 0 Å². The Morgan fingerprint density at radius 3 is 2.68 bits per heavy atom. The molecule has 0 aromatic rings. The number of carbonyl (C=O) groups is 1. The van der Waals surface area contributed by atoms with E-state index in [4.69, 9.17) is 4.74 Å². The monoisotopic (exact) mass is 266 g/mol. The standard InChI is InChI=1S/C15H26N2O2/c1-2-6-16-14-10-19-9-13(14)15(18)17-7-11-4-3-5-12(11)8-17/h11-14,16H,2-10H2,1H3. The molecular weight excluding hydrogens is 240 g/mol. The SMILES string of the molecule is CCCNC1COCC1C(=O)N1CC2CCCC2C1. The summed E-state index contributed by atoms with van der Waals surface area (Å²) < 4.78 is 5.53. The Morgan fingerprint density at radius 2 is 2.00 bits per heavy atom. The van der Waals surface area contributed by atoms with Crippen LogP contribution in [-0.2, 0) is 9.53 Å². The van der Waals surface area contributed by atoms with Crippen molar-refractivity contribution in [2.24, 2.45) is 17.8 Å². The maximum absolute atomic E-state index is 12.7. The minimum absolute atomic E-state index is 0.0466. The first-order valence-electron chi connectivity index (χ1n) is 7.89. The summed E-state index contributed by atoms with van der Waals surface area (Å²) in [4.78, 5) is 14.8. The molecule has 19 heavy (non-hydrogen) atoms. The zero-order valence-electron chi connectivity index (χ0n) is 11.9. The van der Waals surface area contributed by atoms with Crippen LogP contribution < -0.4 is 5.32 Å². The Morgan fingerprint density at radius 1 is 1.26 bits per heavy atom. The lowest BCUT2D eigenvalue weighted by molar-refractivity contribution is -0.135. The normalized spacial score (nSPS) is 37.8. The largest absolute Gasteiger partial charge is 0.379 e. The van der Waals surface area contributed by atoms with Crippen LogP contribution >= 0.6 is 0 Å². The summed E-state index contributed by atoms with van der Waals surface area (Å²) in [7, 11) is 0. The fourth-order valence-corrected chi connectivity index (χ4v) is 3.98. The average Bonchev–Trinajstić information content (AvgIpc) is 3.09. The molecule has 0 radical (unpaired) electrons. The summed E-state index contributed by atoms with van der Waals surface area (Å²) in [5.41, 5.74) is 0. The summed E-state index contributed by atoms with van der Waals surface area (Å²) in [6.45, 7) is 6.43. The van der Waals surface area contributed by atoms with E-state index >= 15 is 0 Å². The highest BCUT2D eigenvalue weighted by Crippen LogP contribution is 2.38. The Kier molecular flexibility index (Phi) is 4.08. The van der Waals surface area contributed by atoms with E-state index in [2.05, 4.69) is 17.1 Å². The molecule has 2 saturated heterocycles. The number of fused-ring (bicyclic) bond motifs is 1. The van der Waals surface area contributed by atoms with Gasteiger partial charge in [-0.2, -0.15) is 0 Å². The predicted molar refractivity (Wildman–Crippen MR) is 73.8 cm³/mol. The van der Waals surface area contributed by atoms with Crippen molar-refractivity contribution in [3.05, 3.63) is 0 Å². The maximum atomic E-state index is 12.7. The Hall–Kier alpha value is -0.610. The van der Waals surface area contributed by atoms with E-state index in [-0.39, 0.29) is 12.0 Å². The van der Waals surface area contributed by atoms with Crippen molar-refractivity contribution in [2.45, 2.75) is 38.6 Å². The molecule has 0 bridgehead atoms. The topological polar surface area (TPSA) is 41.6 Å². The first kappa shape index (κ1) is 13.4. The van der Waals surface area contributed by atoms with Crippen molar-refractivity contribution in [1.82, 2.24) is 10.2 Å². The van der Waals surface area contributed by atoms with Crippen LogP contribution in [0.5, 0.6) is 0 Å². The number of nitrogens with zero attached hydrogens (tertiary/aromatic N) is 1. The molecule has 4 heteroatoms. The third kappa shape index (κ3) is 2.65. The zero-order valence-corrected chi connectivity index (χ0v) is 11.9. The van der Waals surface area contributed by atoms with Gasteiger partial charge in [-0.25, -0.2) is 0 Å². The van der Waals surface area contributed by atoms with Crippen molar-refractivity contribution in [1.29, 1.82) is 0 Å². The molecule has 0 aromatic carbocycles. The first-order chi connectivity index (χ1) is 9.29. The highest BCUT2D eigenvalue weighted by Gasteiger charge is 2.42. The van der Waals surface area contributed by atoms with Crippen molar-refractivity contribution >= 4 is 5.91 Å². The van der Waals surface area contributed by atoms with Crippen LogP contribution in [0.15, 0.2) is 0 Å². The van der Waals surface area contributed by atoms with Gasteiger partial charge in [0.1, 0.15) is 0 Å². The summed E-state index contributed by atoms with van der Waals surface area (Å²) in [6, 6.07) is 0.230. The van der Waals surface area contributed by atoms with Gasteiger partial charge >= 0.3 is 0 Å². The number of hydrogen-bond acceptors (Lipinski definition) is 3. The summed E-state index contributed by atoms with van der Waals surface area (Å²) in [5.74, 6) is 1.95. The molecule has 3 rings (SSSR count). The number of rotatable bonds is 4. The number of ether oxygens (including phenoxy) is 1. The zero-order chi connectivity index (χ0) is 13.2. The van der Waals surface area contributed by atoms with Crippen molar-refractivity contribution in [2.75, 3.05) is 32.8 Å². The van der Waals surface area contributed by atoms with E-state index in [1.165, 1.54) is 19.3 Å². The van der Waals surface area contributed by atoms with Crippen LogP contribution in [0.1, 0.15) is 32.6 Å². The maximum Gasteiger partial charge on any atom is 0.229 e. The number of likely N-dealkylation sites (tertiary alicyclic amines) is 1. The fraction of sp³-hybridized carbons (Fsp3) is 0.933. The van der Waals surface area contributed by atoms with Crippen LogP contribution in [0.2, 0.25) is 0 Å². The van der Waals surface area contributed by atoms with Gasteiger partial charge < -0.3 is 15.0 Å². The number of amides is 1. The molecule has 4 unspecified atom stereocenters. The molecule has 2 aliphatic heterocycles. The fourth-order valence-electron chi connectivity index (χ4n) is 3.98. The molecule has 108 valence electrons. The second-order valence-corrected chi connectivity index (χ2v) is 6.40. The molecule has 1 N–H and O–H groups in total. The predicted octanol–water partition coefficient (Wildman–Crippen LogP) is 1.26. The molecule has 3 aliphatic rings. The van der Waals surface area contributed by atoms with Gasteiger partial charge in [0.2, 0.25) is 5.91 Å². The van der Waals surface area contributed by atoms with Crippen molar-refractivity contribution < 1.29 is 9.53 Å². The van der Waals surface area contributed by atoms with E-state index in [0.29, 0.717) is 19.1 Å². The molecule has 4 atom stereocenters. The van der Waals surface area contributed by atoms with Crippen LogP contribution in [0.4, 0.5) is 0 Å². The van der Waals surface area contributed by atoms with Gasteiger partial charge in [0.15, 0.2) is 0 Å². The summed E-state index contributed by atoms with van der Waals surface area (Å²) in [5, 5.41) is 3.46. The second-order valence-electron chi connectivity index (χ2n) is 6.40. The summed E-state index contributed by atoms with van der Waals surface area (Å²) in [6.07, 6.45) is 5.12. The van der Waals surface area contributed by atoms with E-state index in [9.17, 15) is 4.79 Å². The van der Waals surface area contributed by atoms with Gasteiger partial charge in [-0.15, -0.1) is 0 Å². The minimum atomic E-state index is 0.0466. The molecule has 3 fully saturated rings. The molecule has 0 spiro atoms. The number of hydrogen-bond donors (Lipinski definition) is 1. The molecule has 2 heterocycles. The van der Waals surface area contributed by atoms with E-state index in [1.807, 2.05) is 0 Å². The highest BCUT2D eigenvalue weighted by molar-refractivity contribution is 5.80. The quantitative estimate of drug-likeness (QED) is 0.833. The Bertz CT molecular complexity index is 322. The Labute approximate surface area is 115 Å². The first-order valence-corrected chi connectivity index (χ1v) is 7.89. The Balaban J connectivity index is 1.57. The minimum Gasteiger partial charge on any atom is -0.379 e. The van der Waals surface area contributed by atoms with Gasteiger partial charge in [0, 0.05) is 19.1 Å². The highest BCUT2D eigenvalue weighted by atomic mass is 16.5. The lowest BCUT2D eigenvalue weighted by Gasteiger charge is -2.24. The van der Waals surface area contributed by atoms with Crippen LogP contribution in [0.25, 0.3) is 0 Å². The van der Waals surface area contributed by atoms with Crippen molar-refractivity contribution in [3.63, 3.8) is 0 Å². The van der Waals surface area contributed by atoms with Gasteiger partial charge in [-0.1, -0.05) is 13.3 Å². The van der Waals surface area contributed by atoms with Crippen LogP contribution in [0.3, 0.4) is 0 Å². The smallest absolute Gasteiger partial charge is 0.229 e. The lowest BCUT2D eigenvalue weighted by Crippen LogP contribution is -2.45. The molecule has 4 nitrogen and oxygen atoms in total. The van der Waals surface area contributed by atoms with Gasteiger partial charge in [0.05, 0.1) is 19.1 Å². The summed E-state index contributed by atoms with van der Waals surface area (Å²) >= 11 is 0. The lowest BCUT2D eigenvalue weighted by atomic mass is 10.0. The number of carbonyl (C=O) groups excluding carboxylic acids is 1. The van der Waals surface area contributed by atoms with Crippen LogP contribution in [0, 0.1) is 17.8 Å². The van der Waals surface area contributed by atoms with Crippen LogP contribution in [-0.4, -0.2) is 49.7 Å². The number of nitrogens with one attached hydrogen (secondary N) is 1. The van der Waals surface area contributed by atoms with Crippen molar-refractivity contribution in [3.8, 4) is 0 Å². The molecule has 1 aliphatic carbocycles. The third-order valence-electron chi connectivity index (χ3n) is 5.09. The van der Waals surface area contributed by atoms with E-state index in [0.717, 1.165) is 37.9 Å². The van der Waals surface area contributed by atoms with Gasteiger partial charge in [0.25, 0.3) is 0 Å². The molecule has 0 aromatic heterocycles. The molecule has 1 amide bonds. The van der Waals surface area contributed by atoms with Gasteiger partial charge in [-0.05, 0) is 37.6 Å². The average molecular weight is 266 g/mol.